The van der Waals surface area contributed by atoms with Crippen molar-refractivity contribution < 1.29 is 23.4 Å². The van der Waals surface area contributed by atoms with Crippen LogP contribution in [0.25, 0.3) is 0 Å². The van der Waals surface area contributed by atoms with Gasteiger partial charge in [-0.25, -0.2) is 17.9 Å². The van der Waals surface area contributed by atoms with E-state index < -0.39 is 16.0 Å². The van der Waals surface area contributed by atoms with Crippen LogP contribution in [0.4, 0.5) is 5.69 Å². The van der Waals surface area contributed by atoms with E-state index >= 15 is 0 Å². The summed E-state index contributed by atoms with van der Waals surface area (Å²) in [5.74, 6) is -1.48. The van der Waals surface area contributed by atoms with Crippen LogP contribution < -0.4 is 10.5 Å². The largest absolute Gasteiger partial charge is 0.478 e. The molecule has 0 radical (unpaired) electrons. The Kier molecular flexibility index (Phi) is 4.50. The molecule has 7 nitrogen and oxygen atoms in total. The lowest BCUT2D eigenvalue weighted by Gasteiger charge is -2.19. The first kappa shape index (κ1) is 15.7. The molecule has 21 heavy (non-hydrogen) atoms. The maximum absolute atomic E-state index is 12.4. The lowest BCUT2D eigenvalue weighted by atomic mass is 10.1. The topological polar surface area (TPSA) is 130 Å². The van der Waals surface area contributed by atoms with E-state index in [-0.39, 0.29) is 34.7 Å². The number of nitrogens with one attached hydrogen (secondary N) is 1. The maximum atomic E-state index is 12.4. The van der Waals surface area contributed by atoms with Crippen molar-refractivity contribution >= 4 is 21.7 Å². The van der Waals surface area contributed by atoms with Gasteiger partial charge in [-0.15, -0.1) is 0 Å². The third-order valence-electron chi connectivity index (χ3n) is 3.73. The zero-order valence-electron chi connectivity index (χ0n) is 11.3. The highest BCUT2D eigenvalue weighted by Gasteiger charge is 2.32. The summed E-state index contributed by atoms with van der Waals surface area (Å²) in [6.07, 6.45) is 2.18. The average Bonchev–Trinajstić information content (AvgIpc) is 2.84. The number of anilines is 1. The molecule has 0 aromatic heterocycles. The second-order valence-corrected chi connectivity index (χ2v) is 6.84. The van der Waals surface area contributed by atoms with Crippen molar-refractivity contribution in [3.8, 4) is 0 Å². The van der Waals surface area contributed by atoms with E-state index in [1.807, 2.05) is 0 Å². The van der Waals surface area contributed by atoms with Gasteiger partial charge in [0.1, 0.15) is 0 Å². The molecule has 1 fully saturated rings. The molecule has 1 saturated carbocycles. The predicted molar refractivity (Wildman–Crippen MR) is 76.4 cm³/mol. The number of nitrogen functional groups attached to an aromatic ring is 1. The molecule has 116 valence electrons. The Hall–Kier alpha value is -1.64. The van der Waals surface area contributed by atoms with Crippen LogP contribution in [0.2, 0.25) is 0 Å². The molecule has 0 amide bonds. The molecule has 1 aliphatic rings. The lowest BCUT2D eigenvalue weighted by Crippen LogP contribution is -2.39. The van der Waals surface area contributed by atoms with E-state index in [1.54, 1.807) is 0 Å². The van der Waals surface area contributed by atoms with E-state index in [4.69, 9.17) is 10.8 Å². The molecule has 2 rings (SSSR count). The van der Waals surface area contributed by atoms with Crippen molar-refractivity contribution in [1.82, 2.24) is 4.72 Å². The number of sulfonamides is 1. The lowest BCUT2D eigenvalue weighted by molar-refractivity contribution is 0.0692. The highest BCUT2D eigenvalue weighted by atomic mass is 32.2. The predicted octanol–water partition coefficient (Wildman–Crippen LogP) is 0.406. The summed E-state index contributed by atoms with van der Waals surface area (Å²) in [5.41, 5.74) is 5.41. The summed E-state index contributed by atoms with van der Waals surface area (Å²) in [6.45, 7) is -0.101. The number of aromatic carboxylic acids is 1. The fourth-order valence-electron chi connectivity index (χ4n) is 2.61. The number of rotatable bonds is 5. The van der Waals surface area contributed by atoms with Crippen LogP contribution in [-0.2, 0) is 10.0 Å². The van der Waals surface area contributed by atoms with Gasteiger partial charge in [0.05, 0.1) is 10.5 Å². The van der Waals surface area contributed by atoms with Gasteiger partial charge in [0.2, 0.25) is 10.0 Å². The van der Waals surface area contributed by atoms with E-state index in [0.29, 0.717) is 6.42 Å². The quantitative estimate of drug-likeness (QED) is 0.582. The molecule has 0 aliphatic heterocycles. The van der Waals surface area contributed by atoms with Gasteiger partial charge in [0.15, 0.2) is 0 Å². The monoisotopic (exact) mass is 314 g/mol. The van der Waals surface area contributed by atoms with Gasteiger partial charge in [-0.1, -0.05) is 6.42 Å². The molecule has 1 aliphatic carbocycles. The molecule has 0 bridgehead atoms. The van der Waals surface area contributed by atoms with E-state index in [0.717, 1.165) is 18.9 Å². The third-order valence-corrected chi connectivity index (χ3v) is 5.26. The van der Waals surface area contributed by atoms with Gasteiger partial charge < -0.3 is 15.9 Å². The zero-order chi connectivity index (χ0) is 15.6. The van der Waals surface area contributed by atoms with Crippen molar-refractivity contribution in [3.63, 3.8) is 0 Å². The molecule has 0 heterocycles. The first-order valence-electron chi connectivity index (χ1n) is 6.61. The minimum absolute atomic E-state index is 0.101. The van der Waals surface area contributed by atoms with Crippen molar-refractivity contribution in [1.29, 1.82) is 0 Å². The van der Waals surface area contributed by atoms with Crippen molar-refractivity contribution in [3.05, 3.63) is 23.8 Å². The standard InChI is InChI=1S/C13H18N2O5S/c14-9-4-5-10(13(17)18)12(6-9)21(19,20)15-11-3-1-2-8(11)7-16/h4-6,8,11,15-16H,1-3,7,14H2,(H,17,18). The summed E-state index contributed by atoms with van der Waals surface area (Å²) in [4.78, 5) is 10.8. The van der Waals surface area contributed by atoms with Gasteiger partial charge >= 0.3 is 5.97 Å². The first-order valence-corrected chi connectivity index (χ1v) is 8.09. The number of carboxylic acid groups (broad SMARTS) is 1. The van der Waals surface area contributed by atoms with Gasteiger partial charge in [-0.05, 0) is 37.0 Å². The Bertz CT molecular complexity index is 644. The number of carbonyl (C=O) groups is 1. The SMILES string of the molecule is Nc1ccc(C(=O)O)c(S(=O)(=O)NC2CCCC2CO)c1. The fourth-order valence-corrected chi connectivity index (χ4v) is 4.18. The van der Waals surface area contributed by atoms with Crippen LogP contribution in [0.5, 0.6) is 0 Å². The molecule has 1 aromatic rings. The smallest absolute Gasteiger partial charge is 0.337 e. The number of aliphatic hydroxyl groups excluding tert-OH is 1. The van der Waals surface area contributed by atoms with Crippen LogP contribution in [0, 0.1) is 5.92 Å². The van der Waals surface area contributed by atoms with Crippen molar-refractivity contribution in [2.24, 2.45) is 5.92 Å². The number of hydrogen-bond donors (Lipinski definition) is 4. The average molecular weight is 314 g/mol. The first-order chi connectivity index (χ1) is 9.85. The number of carboxylic acids is 1. The minimum atomic E-state index is -4.01. The molecule has 5 N–H and O–H groups in total. The number of aliphatic hydroxyl groups is 1. The van der Waals surface area contributed by atoms with Gasteiger partial charge in [-0.3, -0.25) is 0 Å². The molecule has 0 spiro atoms. The second-order valence-electron chi connectivity index (χ2n) is 5.16. The highest BCUT2D eigenvalue weighted by Crippen LogP contribution is 2.27. The minimum Gasteiger partial charge on any atom is -0.478 e. The summed E-state index contributed by atoms with van der Waals surface area (Å²) in [7, 11) is -4.01. The summed E-state index contributed by atoms with van der Waals surface area (Å²) < 4.78 is 27.3. The number of benzene rings is 1. The zero-order valence-corrected chi connectivity index (χ0v) is 12.1. The maximum Gasteiger partial charge on any atom is 0.337 e. The Morgan fingerprint density at radius 1 is 1.38 bits per heavy atom. The van der Waals surface area contributed by atoms with Crippen LogP contribution in [0.3, 0.4) is 0 Å². The Morgan fingerprint density at radius 3 is 2.71 bits per heavy atom. The van der Waals surface area contributed by atoms with E-state index in [1.165, 1.54) is 12.1 Å². The molecule has 0 saturated heterocycles. The van der Waals surface area contributed by atoms with Crippen molar-refractivity contribution in [2.45, 2.75) is 30.2 Å². The molecule has 8 heteroatoms. The van der Waals surface area contributed by atoms with E-state index in [9.17, 15) is 18.3 Å². The number of nitrogens with two attached hydrogens (primary N) is 1. The van der Waals surface area contributed by atoms with Gasteiger partial charge in [0, 0.05) is 18.3 Å². The fraction of sp³-hybridized carbons (Fsp3) is 0.462. The number of hydrogen-bond acceptors (Lipinski definition) is 5. The van der Waals surface area contributed by atoms with Crippen molar-refractivity contribution in [2.75, 3.05) is 12.3 Å². The Balaban J connectivity index is 2.35. The molecular formula is C13H18N2O5S. The van der Waals surface area contributed by atoms with Gasteiger partial charge in [-0.2, -0.15) is 0 Å². The summed E-state index contributed by atoms with van der Waals surface area (Å²) >= 11 is 0. The third kappa shape index (κ3) is 3.34. The van der Waals surface area contributed by atoms with Crippen LogP contribution in [-0.4, -0.2) is 37.2 Å². The Morgan fingerprint density at radius 2 is 2.10 bits per heavy atom. The normalized spacial score (nSPS) is 22.3. The summed E-state index contributed by atoms with van der Waals surface area (Å²) in [6, 6.07) is 3.26. The summed E-state index contributed by atoms with van der Waals surface area (Å²) in [5, 5.41) is 18.3. The second kappa shape index (κ2) is 6.00. The van der Waals surface area contributed by atoms with Gasteiger partial charge in [0.25, 0.3) is 0 Å². The van der Waals surface area contributed by atoms with Crippen LogP contribution >= 0.6 is 0 Å². The van der Waals surface area contributed by atoms with E-state index in [2.05, 4.69) is 4.72 Å². The molecular weight excluding hydrogens is 296 g/mol. The molecule has 2 unspecified atom stereocenters. The Labute approximate surface area is 122 Å². The molecule has 1 aromatic carbocycles. The van der Waals surface area contributed by atoms with Crippen LogP contribution in [0.15, 0.2) is 23.1 Å². The van der Waals surface area contributed by atoms with Crippen LogP contribution in [0.1, 0.15) is 29.6 Å². The molecule has 2 atom stereocenters. The highest BCUT2D eigenvalue weighted by molar-refractivity contribution is 7.89.